The van der Waals surface area contributed by atoms with Crippen LogP contribution in [0.1, 0.15) is 32.5 Å². The first-order valence-corrected chi connectivity index (χ1v) is 6.36. The second-order valence-electron chi connectivity index (χ2n) is 5.02. The maximum absolute atomic E-state index is 5.91. The second-order valence-corrected chi connectivity index (χ2v) is 5.29. The van der Waals surface area contributed by atoms with E-state index in [9.17, 15) is 0 Å². The molecule has 90 valence electrons. The fourth-order valence-corrected chi connectivity index (χ4v) is 2.06. The SMILES string of the molecule is CC(C)Cn1ncnc1CNC1(CCl)CC1. The van der Waals surface area contributed by atoms with Gasteiger partial charge in [-0.25, -0.2) is 9.67 Å². The summed E-state index contributed by atoms with van der Waals surface area (Å²) in [5.41, 5.74) is 0.177. The van der Waals surface area contributed by atoms with Crippen LogP contribution >= 0.6 is 11.6 Å². The van der Waals surface area contributed by atoms with Crippen molar-refractivity contribution in [2.75, 3.05) is 5.88 Å². The molecule has 0 aliphatic heterocycles. The molecule has 0 saturated heterocycles. The Morgan fingerprint density at radius 1 is 1.56 bits per heavy atom. The molecule has 0 radical (unpaired) electrons. The lowest BCUT2D eigenvalue weighted by Gasteiger charge is -2.14. The van der Waals surface area contributed by atoms with E-state index in [4.69, 9.17) is 11.6 Å². The minimum absolute atomic E-state index is 0.177. The van der Waals surface area contributed by atoms with Crippen molar-refractivity contribution in [3.63, 3.8) is 0 Å². The molecule has 1 fully saturated rings. The maximum Gasteiger partial charge on any atom is 0.140 e. The number of hydrogen-bond donors (Lipinski definition) is 1. The molecule has 0 bridgehead atoms. The van der Waals surface area contributed by atoms with Crippen molar-refractivity contribution in [1.29, 1.82) is 0 Å². The van der Waals surface area contributed by atoms with E-state index in [1.165, 1.54) is 12.8 Å². The fourth-order valence-electron chi connectivity index (χ4n) is 1.70. The Hall–Kier alpha value is -0.610. The van der Waals surface area contributed by atoms with Gasteiger partial charge in [0.2, 0.25) is 0 Å². The number of nitrogens with one attached hydrogen (secondary N) is 1. The van der Waals surface area contributed by atoms with E-state index < -0.39 is 0 Å². The van der Waals surface area contributed by atoms with Crippen LogP contribution in [0.15, 0.2) is 6.33 Å². The predicted molar refractivity (Wildman–Crippen MR) is 64.4 cm³/mol. The third kappa shape index (κ3) is 2.74. The maximum atomic E-state index is 5.91. The Kier molecular flexibility index (Phi) is 3.50. The summed E-state index contributed by atoms with van der Waals surface area (Å²) in [7, 11) is 0. The molecule has 1 aliphatic rings. The third-order valence-corrected chi connectivity index (χ3v) is 3.48. The molecular weight excluding hydrogens is 224 g/mol. The largest absolute Gasteiger partial charge is 0.303 e. The Bertz CT molecular complexity index is 344. The zero-order valence-corrected chi connectivity index (χ0v) is 10.7. The van der Waals surface area contributed by atoms with Gasteiger partial charge < -0.3 is 5.32 Å². The van der Waals surface area contributed by atoms with Gasteiger partial charge in [0.15, 0.2) is 0 Å². The predicted octanol–water partition coefficient (Wildman–Crippen LogP) is 1.80. The van der Waals surface area contributed by atoms with Gasteiger partial charge in [-0.1, -0.05) is 13.8 Å². The van der Waals surface area contributed by atoms with Crippen molar-refractivity contribution in [2.24, 2.45) is 5.92 Å². The van der Waals surface area contributed by atoms with Crippen LogP contribution in [0.25, 0.3) is 0 Å². The molecule has 0 amide bonds. The van der Waals surface area contributed by atoms with Gasteiger partial charge >= 0.3 is 0 Å². The van der Waals surface area contributed by atoms with E-state index in [0.29, 0.717) is 11.8 Å². The van der Waals surface area contributed by atoms with E-state index in [0.717, 1.165) is 18.9 Å². The highest BCUT2D eigenvalue weighted by molar-refractivity contribution is 6.18. The second kappa shape index (κ2) is 4.72. The van der Waals surface area contributed by atoms with Crippen LogP contribution in [0.5, 0.6) is 0 Å². The van der Waals surface area contributed by atoms with Crippen LogP contribution in [0.3, 0.4) is 0 Å². The Labute approximate surface area is 101 Å². The average molecular weight is 243 g/mol. The Balaban J connectivity index is 1.91. The summed E-state index contributed by atoms with van der Waals surface area (Å²) in [5.74, 6) is 2.28. The zero-order chi connectivity index (χ0) is 11.6. The van der Waals surface area contributed by atoms with Crippen LogP contribution in [-0.4, -0.2) is 26.2 Å². The molecule has 0 spiro atoms. The van der Waals surface area contributed by atoms with Crippen molar-refractivity contribution in [1.82, 2.24) is 20.1 Å². The van der Waals surface area contributed by atoms with Crippen molar-refractivity contribution >= 4 is 11.6 Å². The molecular formula is C11H19ClN4. The van der Waals surface area contributed by atoms with Crippen LogP contribution < -0.4 is 5.32 Å². The minimum atomic E-state index is 0.177. The summed E-state index contributed by atoms with van der Waals surface area (Å²) in [5, 5.41) is 7.72. The lowest BCUT2D eigenvalue weighted by atomic mass is 10.2. The summed E-state index contributed by atoms with van der Waals surface area (Å²) in [6.45, 7) is 6.05. The number of nitrogens with zero attached hydrogens (tertiary/aromatic N) is 3. The third-order valence-electron chi connectivity index (χ3n) is 2.96. The topological polar surface area (TPSA) is 42.7 Å². The first kappa shape index (κ1) is 11.9. The number of aromatic nitrogens is 3. The van der Waals surface area contributed by atoms with Gasteiger partial charge in [0.25, 0.3) is 0 Å². The molecule has 1 aliphatic carbocycles. The number of rotatable bonds is 6. The fraction of sp³-hybridized carbons (Fsp3) is 0.818. The quantitative estimate of drug-likeness (QED) is 0.774. The average Bonchev–Trinajstić information content (AvgIpc) is 2.91. The van der Waals surface area contributed by atoms with Gasteiger partial charge in [-0.15, -0.1) is 11.6 Å². The molecule has 2 rings (SSSR count). The highest BCUT2D eigenvalue weighted by Gasteiger charge is 2.41. The van der Waals surface area contributed by atoms with E-state index >= 15 is 0 Å². The summed E-state index contributed by atoms with van der Waals surface area (Å²) >= 11 is 5.91. The molecule has 5 heteroatoms. The van der Waals surface area contributed by atoms with Crippen LogP contribution in [0.2, 0.25) is 0 Å². The standard InChI is InChI=1S/C11H19ClN4/c1-9(2)6-16-10(13-8-15-16)5-14-11(7-12)3-4-11/h8-9,14H,3-7H2,1-2H3. The number of alkyl halides is 1. The normalized spacial score (nSPS) is 18.0. The molecule has 0 aromatic carbocycles. The lowest BCUT2D eigenvalue weighted by Crippen LogP contribution is -2.33. The van der Waals surface area contributed by atoms with Gasteiger partial charge in [0, 0.05) is 18.0 Å². The van der Waals surface area contributed by atoms with E-state index in [-0.39, 0.29) is 5.54 Å². The summed E-state index contributed by atoms with van der Waals surface area (Å²) < 4.78 is 1.97. The van der Waals surface area contributed by atoms with Crippen LogP contribution in [0.4, 0.5) is 0 Å². The smallest absolute Gasteiger partial charge is 0.140 e. The van der Waals surface area contributed by atoms with E-state index in [1.54, 1.807) is 6.33 Å². The van der Waals surface area contributed by atoms with Crippen LogP contribution in [0, 0.1) is 5.92 Å². The molecule has 1 aromatic heterocycles. The first-order valence-electron chi connectivity index (χ1n) is 5.83. The van der Waals surface area contributed by atoms with E-state index in [2.05, 4.69) is 29.2 Å². The monoisotopic (exact) mass is 242 g/mol. The first-order chi connectivity index (χ1) is 7.65. The highest BCUT2D eigenvalue weighted by Crippen LogP contribution is 2.36. The van der Waals surface area contributed by atoms with Gasteiger partial charge in [-0.05, 0) is 18.8 Å². The Morgan fingerprint density at radius 3 is 2.88 bits per heavy atom. The van der Waals surface area contributed by atoms with Crippen molar-refractivity contribution in [3.05, 3.63) is 12.2 Å². The van der Waals surface area contributed by atoms with Gasteiger partial charge in [0.1, 0.15) is 12.2 Å². The Morgan fingerprint density at radius 2 is 2.31 bits per heavy atom. The minimum Gasteiger partial charge on any atom is -0.303 e. The molecule has 1 heterocycles. The summed E-state index contributed by atoms with van der Waals surface area (Å²) in [6.07, 6.45) is 3.98. The van der Waals surface area contributed by atoms with Gasteiger partial charge in [0.05, 0.1) is 6.54 Å². The molecule has 0 atom stereocenters. The van der Waals surface area contributed by atoms with Gasteiger partial charge in [-0.3, -0.25) is 0 Å². The van der Waals surface area contributed by atoms with Gasteiger partial charge in [-0.2, -0.15) is 5.10 Å². The number of halogens is 1. The summed E-state index contributed by atoms with van der Waals surface area (Å²) in [6, 6.07) is 0. The van der Waals surface area contributed by atoms with Crippen molar-refractivity contribution < 1.29 is 0 Å². The van der Waals surface area contributed by atoms with Crippen molar-refractivity contribution in [3.8, 4) is 0 Å². The zero-order valence-electron chi connectivity index (χ0n) is 9.91. The van der Waals surface area contributed by atoms with Crippen LogP contribution in [-0.2, 0) is 13.1 Å². The molecule has 16 heavy (non-hydrogen) atoms. The number of hydrogen-bond acceptors (Lipinski definition) is 3. The lowest BCUT2D eigenvalue weighted by molar-refractivity contribution is 0.444. The molecule has 0 unspecified atom stereocenters. The van der Waals surface area contributed by atoms with Crippen molar-refractivity contribution in [2.45, 2.75) is 45.3 Å². The molecule has 4 nitrogen and oxygen atoms in total. The highest BCUT2D eigenvalue weighted by atomic mass is 35.5. The molecule has 1 saturated carbocycles. The summed E-state index contributed by atoms with van der Waals surface area (Å²) in [4.78, 5) is 4.28. The van der Waals surface area contributed by atoms with E-state index in [1.807, 2.05) is 4.68 Å². The molecule has 1 aromatic rings. The molecule has 1 N–H and O–H groups in total.